The number of carbonyl (C=O) groups excluding carboxylic acids is 3. The third kappa shape index (κ3) is 1.47. The molecule has 3 rings (SSSR count). The van der Waals surface area contributed by atoms with Gasteiger partial charge in [-0.3, -0.25) is 4.79 Å². The number of hydrogen-bond donors (Lipinski definition) is 0. The zero-order valence-corrected chi connectivity index (χ0v) is 11.2. The standard InChI is InChI=1S/C14H16O6/c1-3-10(15)20-14-8-5-7(6-9(8)19-13(14)17)11(14)12(16)18-4-2/h3,7-9,11H,1,4-6H2,2H3. The second-order valence-corrected chi connectivity index (χ2v) is 5.43. The van der Waals surface area contributed by atoms with E-state index in [-0.39, 0.29) is 24.5 Å². The fourth-order valence-corrected chi connectivity index (χ4v) is 3.97. The normalized spacial score (nSPS) is 40.4. The van der Waals surface area contributed by atoms with Gasteiger partial charge in [0, 0.05) is 12.0 Å². The number of fused-ring (bicyclic) bond motifs is 1. The molecule has 1 aliphatic heterocycles. The molecule has 0 aromatic rings. The lowest BCUT2D eigenvalue weighted by Crippen LogP contribution is -2.53. The molecule has 0 aromatic carbocycles. The summed E-state index contributed by atoms with van der Waals surface area (Å²) < 4.78 is 15.7. The second kappa shape index (κ2) is 4.33. The molecule has 0 amide bonds. The molecular formula is C14H16O6. The summed E-state index contributed by atoms with van der Waals surface area (Å²) in [5.74, 6) is -2.88. The number of carbonyl (C=O) groups is 3. The molecule has 20 heavy (non-hydrogen) atoms. The van der Waals surface area contributed by atoms with Crippen LogP contribution in [-0.4, -0.2) is 36.2 Å². The molecule has 2 aliphatic carbocycles. The highest BCUT2D eigenvalue weighted by atomic mass is 16.6. The average molecular weight is 280 g/mol. The van der Waals surface area contributed by atoms with Gasteiger partial charge in [0.1, 0.15) is 12.0 Å². The molecule has 1 heterocycles. The number of esters is 3. The van der Waals surface area contributed by atoms with Gasteiger partial charge < -0.3 is 14.2 Å². The molecule has 0 radical (unpaired) electrons. The Morgan fingerprint density at radius 1 is 1.50 bits per heavy atom. The first-order valence-electron chi connectivity index (χ1n) is 6.77. The number of ether oxygens (including phenoxy) is 3. The third-order valence-corrected chi connectivity index (χ3v) is 4.58. The van der Waals surface area contributed by atoms with Crippen molar-refractivity contribution >= 4 is 17.9 Å². The molecule has 108 valence electrons. The molecule has 6 heteroatoms. The molecule has 6 nitrogen and oxygen atoms in total. The highest BCUT2D eigenvalue weighted by Gasteiger charge is 2.76. The molecule has 0 N–H and O–H groups in total. The lowest BCUT2D eigenvalue weighted by Gasteiger charge is -2.33. The van der Waals surface area contributed by atoms with Crippen LogP contribution in [0.4, 0.5) is 0 Å². The van der Waals surface area contributed by atoms with Gasteiger partial charge in [0.05, 0.1) is 6.61 Å². The van der Waals surface area contributed by atoms with Gasteiger partial charge in [0.25, 0.3) is 0 Å². The van der Waals surface area contributed by atoms with E-state index in [0.717, 1.165) is 6.08 Å². The summed E-state index contributed by atoms with van der Waals surface area (Å²) >= 11 is 0. The first kappa shape index (κ1) is 13.1. The van der Waals surface area contributed by atoms with Crippen molar-refractivity contribution in [3.8, 4) is 0 Å². The molecule has 5 atom stereocenters. The van der Waals surface area contributed by atoms with Gasteiger partial charge in [-0.1, -0.05) is 6.58 Å². The first-order chi connectivity index (χ1) is 9.54. The molecule has 3 aliphatic rings. The molecule has 3 fully saturated rings. The van der Waals surface area contributed by atoms with E-state index < -0.39 is 29.4 Å². The lowest BCUT2D eigenvalue weighted by atomic mass is 9.76. The fourth-order valence-electron chi connectivity index (χ4n) is 3.97. The molecule has 0 aromatic heterocycles. The topological polar surface area (TPSA) is 78.9 Å². The fraction of sp³-hybridized carbons (Fsp3) is 0.643. The molecule has 1 saturated heterocycles. The van der Waals surface area contributed by atoms with E-state index in [1.54, 1.807) is 6.92 Å². The highest BCUT2D eigenvalue weighted by molar-refractivity contribution is 5.95. The van der Waals surface area contributed by atoms with Crippen molar-refractivity contribution in [1.82, 2.24) is 0 Å². The van der Waals surface area contributed by atoms with Crippen LogP contribution >= 0.6 is 0 Å². The lowest BCUT2D eigenvalue weighted by molar-refractivity contribution is -0.184. The van der Waals surface area contributed by atoms with Gasteiger partial charge in [-0.05, 0) is 25.7 Å². The van der Waals surface area contributed by atoms with E-state index in [4.69, 9.17) is 14.2 Å². The summed E-state index contributed by atoms with van der Waals surface area (Å²) in [6.45, 7) is 5.25. The third-order valence-electron chi connectivity index (χ3n) is 4.58. The van der Waals surface area contributed by atoms with Crippen LogP contribution in [0.2, 0.25) is 0 Å². The summed E-state index contributed by atoms with van der Waals surface area (Å²) in [4.78, 5) is 36.0. The zero-order chi connectivity index (χ0) is 14.5. The van der Waals surface area contributed by atoms with E-state index in [1.807, 2.05) is 0 Å². The Morgan fingerprint density at radius 3 is 2.90 bits per heavy atom. The van der Waals surface area contributed by atoms with Crippen molar-refractivity contribution in [2.24, 2.45) is 17.8 Å². The SMILES string of the molecule is C=CC(=O)OC12C(=O)OC3CC(CC31)C2C(=O)OCC. The smallest absolute Gasteiger partial charge is 0.352 e. The molecule has 0 spiro atoms. The maximum absolute atomic E-state index is 12.2. The Hall–Kier alpha value is -1.85. The van der Waals surface area contributed by atoms with Gasteiger partial charge in [-0.25, -0.2) is 9.59 Å². The van der Waals surface area contributed by atoms with Crippen molar-refractivity contribution in [1.29, 1.82) is 0 Å². The summed E-state index contributed by atoms with van der Waals surface area (Å²) in [6.07, 6.45) is 2.01. The average Bonchev–Trinajstić information content (AvgIpc) is 2.98. The summed E-state index contributed by atoms with van der Waals surface area (Å²) in [5.41, 5.74) is -1.51. The Balaban J connectivity index is 2.00. The van der Waals surface area contributed by atoms with Gasteiger partial charge >= 0.3 is 17.9 Å². The minimum Gasteiger partial charge on any atom is -0.466 e. The predicted octanol–water partition coefficient (Wildman–Crippen LogP) is 0.599. The van der Waals surface area contributed by atoms with Crippen LogP contribution in [0.25, 0.3) is 0 Å². The molecule has 5 unspecified atom stereocenters. The minimum absolute atomic E-state index is 0.0342. The van der Waals surface area contributed by atoms with E-state index >= 15 is 0 Å². The maximum Gasteiger partial charge on any atom is 0.352 e. The number of hydrogen-bond acceptors (Lipinski definition) is 6. The Bertz CT molecular complexity index is 498. The van der Waals surface area contributed by atoms with Crippen LogP contribution in [0.3, 0.4) is 0 Å². The predicted molar refractivity (Wildman–Crippen MR) is 65.2 cm³/mol. The van der Waals surface area contributed by atoms with E-state index in [1.165, 1.54) is 0 Å². The van der Waals surface area contributed by atoms with Gasteiger partial charge in [-0.2, -0.15) is 0 Å². The van der Waals surface area contributed by atoms with Crippen molar-refractivity contribution in [2.75, 3.05) is 6.61 Å². The summed E-state index contributed by atoms with van der Waals surface area (Å²) in [6, 6.07) is 0. The summed E-state index contributed by atoms with van der Waals surface area (Å²) in [5, 5.41) is 0. The second-order valence-electron chi connectivity index (χ2n) is 5.43. The van der Waals surface area contributed by atoms with E-state index in [0.29, 0.717) is 12.8 Å². The van der Waals surface area contributed by atoms with Crippen LogP contribution in [0.15, 0.2) is 12.7 Å². The van der Waals surface area contributed by atoms with Crippen molar-refractivity contribution < 1.29 is 28.6 Å². The van der Waals surface area contributed by atoms with E-state index in [9.17, 15) is 14.4 Å². The van der Waals surface area contributed by atoms with Crippen molar-refractivity contribution in [3.63, 3.8) is 0 Å². The van der Waals surface area contributed by atoms with Gasteiger partial charge in [-0.15, -0.1) is 0 Å². The van der Waals surface area contributed by atoms with Gasteiger partial charge in [0.2, 0.25) is 5.60 Å². The Labute approximate surface area is 116 Å². The quantitative estimate of drug-likeness (QED) is 0.426. The maximum atomic E-state index is 12.2. The van der Waals surface area contributed by atoms with E-state index in [2.05, 4.69) is 6.58 Å². The number of rotatable bonds is 4. The largest absolute Gasteiger partial charge is 0.466 e. The molecular weight excluding hydrogens is 264 g/mol. The highest BCUT2D eigenvalue weighted by Crippen LogP contribution is 2.61. The van der Waals surface area contributed by atoms with Crippen LogP contribution in [0.1, 0.15) is 19.8 Å². The Kier molecular flexibility index (Phi) is 2.84. The van der Waals surface area contributed by atoms with Crippen LogP contribution in [-0.2, 0) is 28.6 Å². The minimum atomic E-state index is -1.51. The monoisotopic (exact) mass is 280 g/mol. The molecule has 2 saturated carbocycles. The van der Waals surface area contributed by atoms with Crippen molar-refractivity contribution in [2.45, 2.75) is 31.5 Å². The summed E-state index contributed by atoms with van der Waals surface area (Å²) in [7, 11) is 0. The first-order valence-corrected chi connectivity index (χ1v) is 6.77. The van der Waals surface area contributed by atoms with Crippen molar-refractivity contribution in [3.05, 3.63) is 12.7 Å². The van der Waals surface area contributed by atoms with Crippen LogP contribution < -0.4 is 0 Å². The molecule has 2 bridgehead atoms. The van der Waals surface area contributed by atoms with Crippen LogP contribution in [0.5, 0.6) is 0 Å². The zero-order valence-electron chi connectivity index (χ0n) is 11.2. The van der Waals surface area contributed by atoms with Crippen LogP contribution in [0, 0.1) is 17.8 Å². The Morgan fingerprint density at radius 2 is 2.25 bits per heavy atom. The van der Waals surface area contributed by atoms with Gasteiger partial charge in [0.15, 0.2) is 0 Å².